The lowest BCUT2D eigenvalue weighted by Crippen LogP contribution is -2.24. The molecular formula is C15H15N5O2. The average Bonchev–Trinajstić information content (AvgIpc) is 2.96. The number of amides is 1. The van der Waals surface area contributed by atoms with Crippen molar-refractivity contribution in [1.29, 1.82) is 0 Å². The summed E-state index contributed by atoms with van der Waals surface area (Å²) in [5.41, 5.74) is 1.94. The zero-order valence-corrected chi connectivity index (χ0v) is 12.3. The zero-order chi connectivity index (χ0) is 15.5. The number of pyridine rings is 2. The predicted octanol–water partition coefficient (Wildman–Crippen LogP) is 1.37. The molecule has 0 unspecified atom stereocenters. The molecule has 0 spiro atoms. The molecule has 1 N–H and O–H groups in total. The van der Waals surface area contributed by atoms with Crippen LogP contribution in [-0.4, -0.2) is 32.6 Å². The van der Waals surface area contributed by atoms with E-state index in [9.17, 15) is 4.79 Å². The molecule has 0 aliphatic heterocycles. The molecule has 112 valence electrons. The van der Waals surface area contributed by atoms with Gasteiger partial charge in [0.25, 0.3) is 5.91 Å². The van der Waals surface area contributed by atoms with Crippen LogP contribution in [0.3, 0.4) is 0 Å². The van der Waals surface area contributed by atoms with Crippen molar-refractivity contribution >= 4 is 11.6 Å². The maximum atomic E-state index is 12.3. The first-order valence-corrected chi connectivity index (χ1v) is 6.76. The summed E-state index contributed by atoms with van der Waals surface area (Å²) < 4.78 is 7.00. The van der Waals surface area contributed by atoms with Crippen molar-refractivity contribution < 1.29 is 9.53 Å². The minimum absolute atomic E-state index is 0.241. The number of nitrogens with zero attached hydrogens (tertiary/aromatic N) is 4. The third-order valence-electron chi connectivity index (χ3n) is 3.26. The van der Waals surface area contributed by atoms with Gasteiger partial charge in [-0.2, -0.15) is 0 Å². The Hall–Kier alpha value is -2.96. The number of ether oxygens (including phenoxy) is 1. The highest BCUT2D eigenvalue weighted by molar-refractivity contribution is 5.96. The Morgan fingerprint density at radius 2 is 2.23 bits per heavy atom. The smallest absolute Gasteiger partial charge is 0.255 e. The first-order chi connectivity index (χ1) is 10.7. The molecule has 3 heterocycles. The number of nitrogens with one attached hydrogen (secondary N) is 1. The number of carbonyl (C=O) groups excluding carboxylic acids is 1. The largest absolute Gasteiger partial charge is 0.494 e. The molecule has 0 aromatic carbocycles. The van der Waals surface area contributed by atoms with E-state index >= 15 is 0 Å². The van der Waals surface area contributed by atoms with Crippen LogP contribution < -0.4 is 10.1 Å². The van der Waals surface area contributed by atoms with Gasteiger partial charge >= 0.3 is 0 Å². The number of hydrogen-bond acceptors (Lipinski definition) is 5. The van der Waals surface area contributed by atoms with Crippen molar-refractivity contribution in [2.45, 2.75) is 13.5 Å². The van der Waals surface area contributed by atoms with Crippen molar-refractivity contribution in [3.8, 4) is 5.75 Å². The topological polar surface area (TPSA) is 81.4 Å². The minimum Gasteiger partial charge on any atom is -0.494 e. The fourth-order valence-corrected chi connectivity index (χ4v) is 2.15. The molecule has 7 heteroatoms. The molecule has 3 aromatic rings. The zero-order valence-electron chi connectivity index (χ0n) is 12.3. The monoisotopic (exact) mass is 297 g/mol. The maximum absolute atomic E-state index is 12.3. The summed E-state index contributed by atoms with van der Waals surface area (Å²) in [5.74, 6) is 0.859. The van der Waals surface area contributed by atoms with Gasteiger partial charge in [-0.25, -0.2) is 0 Å². The van der Waals surface area contributed by atoms with E-state index in [2.05, 4.69) is 20.5 Å². The second-order valence-corrected chi connectivity index (χ2v) is 4.75. The molecule has 22 heavy (non-hydrogen) atoms. The van der Waals surface area contributed by atoms with Gasteiger partial charge in [0, 0.05) is 11.9 Å². The van der Waals surface area contributed by atoms with E-state index in [4.69, 9.17) is 4.74 Å². The minimum atomic E-state index is -0.241. The molecule has 0 fully saturated rings. The van der Waals surface area contributed by atoms with Crippen LogP contribution in [0, 0.1) is 6.92 Å². The summed E-state index contributed by atoms with van der Waals surface area (Å²) in [6.45, 7) is 2.09. The van der Waals surface area contributed by atoms with Crippen LogP contribution in [-0.2, 0) is 6.54 Å². The lowest BCUT2D eigenvalue weighted by Gasteiger charge is -2.09. The van der Waals surface area contributed by atoms with Crippen LogP contribution >= 0.6 is 0 Å². The maximum Gasteiger partial charge on any atom is 0.255 e. The molecule has 0 aliphatic carbocycles. The van der Waals surface area contributed by atoms with Gasteiger partial charge in [-0.3, -0.25) is 14.2 Å². The summed E-state index contributed by atoms with van der Waals surface area (Å²) in [7, 11) is 1.51. The molecule has 0 aliphatic rings. The number of carbonyl (C=O) groups is 1. The summed E-state index contributed by atoms with van der Waals surface area (Å²) in [6.07, 6.45) is 3.39. The Kier molecular flexibility index (Phi) is 3.69. The molecule has 0 bridgehead atoms. The van der Waals surface area contributed by atoms with Crippen LogP contribution in [0.5, 0.6) is 5.75 Å². The number of rotatable bonds is 4. The standard InChI is InChI=1S/C15H15N5O2/c1-10-7-11(12(22-2)8-16-10)15(21)17-9-14-19-18-13-5-3-4-6-20(13)14/h3-8H,9H2,1-2H3,(H,17,21). The summed E-state index contributed by atoms with van der Waals surface area (Å²) in [4.78, 5) is 16.4. The van der Waals surface area contributed by atoms with E-state index in [1.165, 1.54) is 13.3 Å². The second-order valence-electron chi connectivity index (χ2n) is 4.75. The van der Waals surface area contributed by atoms with E-state index in [-0.39, 0.29) is 12.5 Å². The van der Waals surface area contributed by atoms with Crippen LogP contribution in [0.2, 0.25) is 0 Å². The quantitative estimate of drug-likeness (QED) is 0.786. The fourth-order valence-electron chi connectivity index (χ4n) is 2.15. The summed E-state index contributed by atoms with van der Waals surface area (Å²) in [5, 5.41) is 10.9. The van der Waals surface area contributed by atoms with Crippen LogP contribution in [0.4, 0.5) is 0 Å². The summed E-state index contributed by atoms with van der Waals surface area (Å²) in [6, 6.07) is 7.32. The van der Waals surface area contributed by atoms with Crippen molar-refractivity contribution in [3.63, 3.8) is 0 Å². The van der Waals surface area contributed by atoms with Crippen molar-refractivity contribution in [1.82, 2.24) is 24.9 Å². The van der Waals surface area contributed by atoms with E-state index in [1.54, 1.807) is 6.07 Å². The lowest BCUT2D eigenvalue weighted by molar-refractivity contribution is 0.0946. The van der Waals surface area contributed by atoms with E-state index in [0.29, 0.717) is 17.1 Å². The van der Waals surface area contributed by atoms with E-state index < -0.39 is 0 Å². The number of fused-ring (bicyclic) bond motifs is 1. The van der Waals surface area contributed by atoms with Crippen molar-refractivity contribution in [2.24, 2.45) is 0 Å². The Morgan fingerprint density at radius 1 is 1.36 bits per heavy atom. The predicted molar refractivity (Wildman–Crippen MR) is 79.7 cm³/mol. The first kappa shape index (κ1) is 14.0. The van der Waals surface area contributed by atoms with Crippen LogP contribution in [0.15, 0.2) is 36.7 Å². The normalized spacial score (nSPS) is 10.6. The van der Waals surface area contributed by atoms with E-state index in [1.807, 2.05) is 35.7 Å². The van der Waals surface area contributed by atoms with E-state index in [0.717, 1.165) is 11.3 Å². The van der Waals surface area contributed by atoms with Gasteiger partial charge in [-0.1, -0.05) is 6.07 Å². The molecular weight excluding hydrogens is 282 g/mol. The van der Waals surface area contributed by atoms with Gasteiger partial charge in [0.2, 0.25) is 0 Å². The summed E-state index contributed by atoms with van der Waals surface area (Å²) >= 11 is 0. The first-order valence-electron chi connectivity index (χ1n) is 6.76. The Balaban J connectivity index is 1.79. The van der Waals surface area contributed by atoms with Gasteiger partial charge in [0.05, 0.1) is 25.4 Å². The average molecular weight is 297 g/mol. The molecule has 0 saturated heterocycles. The lowest BCUT2D eigenvalue weighted by atomic mass is 10.2. The third kappa shape index (κ3) is 2.60. The van der Waals surface area contributed by atoms with Crippen molar-refractivity contribution in [2.75, 3.05) is 7.11 Å². The second kappa shape index (κ2) is 5.80. The fraction of sp³-hybridized carbons (Fsp3) is 0.200. The van der Waals surface area contributed by atoms with Gasteiger partial charge in [-0.15, -0.1) is 10.2 Å². The number of aromatic nitrogens is 4. The number of methoxy groups -OCH3 is 1. The highest BCUT2D eigenvalue weighted by atomic mass is 16.5. The molecule has 3 rings (SSSR count). The molecule has 3 aromatic heterocycles. The van der Waals surface area contributed by atoms with Gasteiger partial charge in [0.1, 0.15) is 5.75 Å². The Morgan fingerprint density at radius 3 is 3.05 bits per heavy atom. The van der Waals surface area contributed by atoms with Crippen LogP contribution in [0.25, 0.3) is 5.65 Å². The van der Waals surface area contributed by atoms with Gasteiger partial charge in [-0.05, 0) is 25.1 Å². The number of hydrogen-bond donors (Lipinski definition) is 1. The number of aryl methyl sites for hydroxylation is 1. The van der Waals surface area contributed by atoms with Gasteiger partial charge in [0.15, 0.2) is 11.5 Å². The van der Waals surface area contributed by atoms with Crippen LogP contribution in [0.1, 0.15) is 21.9 Å². The molecule has 1 amide bonds. The molecule has 0 saturated carbocycles. The Labute approximate surface area is 127 Å². The van der Waals surface area contributed by atoms with Crippen molar-refractivity contribution in [3.05, 3.63) is 53.7 Å². The highest BCUT2D eigenvalue weighted by Gasteiger charge is 2.14. The SMILES string of the molecule is COc1cnc(C)cc1C(=O)NCc1nnc2ccccn12. The Bertz CT molecular complexity index is 828. The molecule has 0 atom stereocenters. The molecule has 7 nitrogen and oxygen atoms in total. The molecule has 0 radical (unpaired) electrons. The highest BCUT2D eigenvalue weighted by Crippen LogP contribution is 2.17. The van der Waals surface area contributed by atoms with Gasteiger partial charge < -0.3 is 10.1 Å². The third-order valence-corrected chi connectivity index (χ3v) is 3.26.